The third-order valence-corrected chi connectivity index (χ3v) is 3.64. The molecule has 0 amide bonds. The van der Waals surface area contributed by atoms with Gasteiger partial charge in [0.05, 0.1) is 0 Å². The quantitative estimate of drug-likeness (QED) is 0.761. The highest BCUT2D eigenvalue weighted by molar-refractivity contribution is 6.17. The predicted molar refractivity (Wildman–Crippen MR) is 73.8 cm³/mol. The van der Waals surface area contributed by atoms with Crippen LogP contribution in [-0.4, -0.2) is 18.1 Å². The summed E-state index contributed by atoms with van der Waals surface area (Å²) in [6, 6.07) is 4.28. The van der Waals surface area contributed by atoms with E-state index in [0.717, 1.165) is 37.7 Å². The summed E-state index contributed by atoms with van der Waals surface area (Å²) < 4.78 is 0. The molecule has 1 aliphatic rings. The van der Waals surface area contributed by atoms with Gasteiger partial charge in [-0.05, 0) is 36.5 Å². The van der Waals surface area contributed by atoms with E-state index in [9.17, 15) is 0 Å². The SMILES string of the molecule is CCCc1cc(CCl)cc(N2CCC(C)C2)n1. The summed E-state index contributed by atoms with van der Waals surface area (Å²) in [6.45, 7) is 6.75. The Labute approximate surface area is 109 Å². The Hall–Kier alpha value is -0.760. The van der Waals surface area contributed by atoms with Gasteiger partial charge in [-0.3, -0.25) is 0 Å². The van der Waals surface area contributed by atoms with Crippen molar-refractivity contribution in [1.29, 1.82) is 0 Å². The van der Waals surface area contributed by atoms with E-state index in [1.807, 2.05) is 0 Å². The molecular weight excluding hydrogens is 232 g/mol. The average Bonchev–Trinajstić information content (AvgIpc) is 2.76. The Balaban J connectivity index is 2.23. The zero-order chi connectivity index (χ0) is 12.3. The number of rotatable bonds is 4. The number of anilines is 1. The van der Waals surface area contributed by atoms with Gasteiger partial charge in [0.2, 0.25) is 0 Å². The summed E-state index contributed by atoms with van der Waals surface area (Å²) in [5, 5.41) is 0. The molecule has 17 heavy (non-hydrogen) atoms. The molecule has 1 aromatic heterocycles. The lowest BCUT2D eigenvalue weighted by atomic mass is 10.1. The molecule has 1 fully saturated rings. The second kappa shape index (κ2) is 5.72. The normalized spacial score (nSPS) is 19.9. The first kappa shape index (κ1) is 12.7. The maximum Gasteiger partial charge on any atom is 0.129 e. The van der Waals surface area contributed by atoms with Gasteiger partial charge in [0.1, 0.15) is 5.82 Å². The number of pyridine rings is 1. The largest absolute Gasteiger partial charge is 0.356 e. The standard InChI is InChI=1S/C14H21ClN2/c1-3-4-13-7-12(9-15)8-14(16-13)17-6-5-11(2)10-17/h7-8,11H,3-6,9-10H2,1-2H3. The lowest BCUT2D eigenvalue weighted by molar-refractivity contribution is 0.658. The number of halogens is 1. The van der Waals surface area contributed by atoms with Crippen molar-refractivity contribution in [1.82, 2.24) is 4.98 Å². The first-order valence-electron chi connectivity index (χ1n) is 6.53. The van der Waals surface area contributed by atoms with Gasteiger partial charge in [-0.2, -0.15) is 0 Å². The molecule has 0 saturated carbocycles. The van der Waals surface area contributed by atoms with Crippen molar-refractivity contribution < 1.29 is 0 Å². The summed E-state index contributed by atoms with van der Waals surface area (Å²) >= 11 is 5.96. The molecule has 1 aromatic rings. The van der Waals surface area contributed by atoms with E-state index in [1.165, 1.54) is 17.7 Å². The maximum absolute atomic E-state index is 5.96. The van der Waals surface area contributed by atoms with Crippen LogP contribution in [0.3, 0.4) is 0 Å². The monoisotopic (exact) mass is 252 g/mol. The molecule has 0 radical (unpaired) electrons. The maximum atomic E-state index is 5.96. The molecule has 0 aliphatic carbocycles. The number of aryl methyl sites for hydroxylation is 1. The van der Waals surface area contributed by atoms with Crippen LogP contribution in [0, 0.1) is 5.92 Å². The van der Waals surface area contributed by atoms with E-state index in [0.29, 0.717) is 5.88 Å². The molecule has 2 heterocycles. The zero-order valence-electron chi connectivity index (χ0n) is 10.7. The second-order valence-electron chi connectivity index (χ2n) is 5.05. The van der Waals surface area contributed by atoms with Gasteiger partial charge in [-0.15, -0.1) is 11.6 Å². The summed E-state index contributed by atoms with van der Waals surface area (Å²) in [6.07, 6.45) is 3.45. The molecule has 1 atom stereocenters. The lowest BCUT2D eigenvalue weighted by Gasteiger charge is -2.18. The fourth-order valence-corrected chi connectivity index (χ4v) is 2.55. The molecule has 3 heteroatoms. The smallest absolute Gasteiger partial charge is 0.129 e. The summed E-state index contributed by atoms with van der Waals surface area (Å²) in [7, 11) is 0. The van der Waals surface area contributed by atoms with E-state index >= 15 is 0 Å². The molecular formula is C14H21ClN2. The van der Waals surface area contributed by atoms with Gasteiger partial charge >= 0.3 is 0 Å². The third kappa shape index (κ3) is 3.12. The highest BCUT2D eigenvalue weighted by atomic mass is 35.5. The number of alkyl halides is 1. The molecule has 0 N–H and O–H groups in total. The minimum absolute atomic E-state index is 0.579. The van der Waals surface area contributed by atoms with Crippen LogP contribution in [0.2, 0.25) is 0 Å². The van der Waals surface area contributed by atoms with Gasteiger partial charge in [0, 0.05) is 24.7 Å². The number of nitrogens with zero attached hydrogens (tertiary/aromatic N) is 2. The highest BCUT2D eigenvalue weighted by Gasteiger charge is 2.20. The van der Waals surface area contributed by atoms with Crippen molar-refractivity contribution in [3.05, 3.63) is 23.4 Å². The van der Waals surface area contributed by atoms with Crippen LogP contribution >= 0.6 is 11.6 Å². The number of hydrogen-bond acceptors (Lipinski definition) is 2. The van der Waals surface area contributed by atoms with Crippen LogP contribution in [0.4, 0.5) is 5.82 Å². The molecule has 1 aliphatic heterocycles. The summed E-state index contributed by atoms with van der Waals surface area (Å²) in [4.78, 5) is 7.14. The molecule has 0 bridgehead atoms. The Kier molecular flexibility index (Phi) is 4.27. The van der Waals surface area contributed by atoms with Crippen LogP contribution in [0.25, 0.3) is 0 Å². The fourth-order valence-electron chi connectivity index (χ4n) is 2.40. The van der Waals surface area contributed by atoms with Gasteiger partial charge in [0.25, 0.3) is 0 Å². The van der Waals surface area contributed by atoms with Crippen molar-refractivity contribution in [3.63, 3.8) is 0 Å². The van der Waals surface area contributed by atoms with E-state index in [1.54, 1.807) is 0 Å². The topological polar surface area (TPSA) is 16.1 Å². The third-order valence-electron chi connectivity index (χ3n) is 3.33. The van der Waals surface area contributed by atoms with E-state index in [2.05, 4.69) is 30.9 Å². The Morgan fingerprint density at radius 1 is 1.47 bits per heavy atom. The van der Waals surface area contributed by atoms with Gasteiger partial charge in [-0.25, -0.2) is 4.98 Å². The molecule has 0 aromatic carbocycles. The fraction of sp³-hybridized carbons (Fsp3) is 0.643. The van der Waals surface area contributed by atoms with Crippen molar-refractivity contribution in [2.24, 2.45) is 5.92 Å². The molecule has 1 unspecified atom stereocenters. The van der Waals surface area contributed by atoms with E-state index < -0.39 is 0 Å². The molecule has 0 spiro atoms. The molecule has 94 valence electrons. The Morgan fingerprint density at radius 3 is 2.88 bits per heavy atom. The van der Waals surface area contributed by atoms with Crippen molar-refractivity contribution in [2.75, 3.05) is 18.0 Å². The Bertz CT molecular complexity index is 378. The average molecular weight is 253 g/mol. The van der Waals surface area contributed by atoms with Gasteiger partial charge < -0.3 is 4.90 Å². The van der Waals surface area contributed by atoms with Crippen LogP contribution < -0.4 is 4.90 Å². The number of hydrogen-bond donors (Lipinski definition) is 0. The molecule has 2 nitrogen and oxygen atoms in total. The Morgan fingerprint density at radius 2 is 2.29 bits per heavy atom. The number of aromatic nitrogens is 1. The van der Waals surface area contributed by atoms with Crippen LogP contribution in [0.15, 0.2) is 12.1 Å². The van der Waals surface area contributed by atoms with Crippen molar-refractivity contribution >= 4 is 17.4 Å². The van der Waals surface area contributed by atoms with Crippen molar-refractivity contribution in [3.8, 4) is 0 Å². The van der Waals surface area contributed by atoms with Crippen LogP contribution in [0.5, 0.6) is 0 Å². The lowest BCUT2D eigenvalue weighted by Crippen LogP contribution is -2.21. The minimum Gasteiger partial charge on any atom is -0.356 e. The van der Waals surface area contributed by atoms with E-state index in [4.69, 9.17) is 16.6 Å². The molecule has 2 rings (SSSR count). The minimum atomic E-state index is 0.579. The zero-order valence-corrected chi connectivity index (χ0v) is 11.5. The summed E-state index contributed by atoms with van der Waals surface area (Å²) in [5.41, 5.74) is 2.37. The first-order chi connectivity index (χ1) is 8.22. The van der Waals surface area contributed by atoms with Crippen LogP contribution in [-0.2, 0) is 12.3 Å². The van der Waals surface area contributed by atoms with Crippen LogP contribution in [0.1, 0.15) is 37.9 Å². The summed E-state index contributed by atoms with van der Waals surface area (Å²) in [5.74, 6) is 2.48. The van der Waals surface area contributed by atoms with Gasteiger partial charge in [-0.1, -0.05) is 20.3 Å². The highest BCUT2D eigenvalue weighted by Crippen LogP contribution is 2.24. The first-order valence-corrected chi connectivity index (χ1v) is 7.07. The predicted octanol–water partition coefficient (Wildman–Crippen LogP) is 3.62. The van der Waals surface area contributed by atoms with E-state index in [-0.39, 0.29) is 0 Å². The second-order valence-corrected chi connectivity index (χ2v) is 5.32. The molecule has 1 saturated heterocycles. The van der Waals surface area contributed by atoms with Gasteiger partial charge in [0.15, 0.2) is 0 Å². The van der Waals surface area contributed by atoms with Crippen molar-refractivity contribution in [2.45, 2.75) is 39.0 Å².